The summed E-state index contributed by atoms with van der Waals surface area (Å²) < 4.78 is 32.4. The van der Waals surface area contributed by atoms with E-state index < -0.39 is 83.2 Å². The molecule has 3 fully saturated rings. The number of carbonyl (C=O) groups is 3. The minimum atomic E-state index is -1.85. The first-order valence-corrected chi connectivity index (χ1v) is 20.3. The third-order valence-electron chi connectivity index (χ3n) is 12.0. The number of aliphatic hydroxyl groups excluding tert-OH is 1. The second-order valence-corrected chi connectivity index (χ2v) is 17.0. The van der Waals surface area contributed by atoms with Crippen LogP contribution < -0.4 is 0 Å². The maximum atomic E-state index is 14.5. The lowest BCUT2D eigenvalue weighted by Crippen LogP contribution is -2.60. The van der Waals surface area contributed by atoms with Crippen molar-refractivity contribution < 1.29 is 53.1 Å². The average molecular weight is 814 g/mol. The Morgan fingerprint density at radius 2 is 1.81 bits per heavy atom. The van der Waals surface area contributed by atoms with Crippen LogP contribution in [0, 0.1) is 23.7 Å². The van der Waals surface area contributed by atoms with Gasteiger partial charge in [-0.05, 0) is 85.2 Å². The van der Waals surface area contributed by atoms with E-state index in [0.717, 1.165) is 5.39 Å². The van der Waals surface area contributed by atoms with Crippen molar-refractivity contribution in [2.75, 3.05) is 27.3 Å². The van der Waals surface area contributed by atoms with Gasteiger partial charge in [0.25, 0.3) is 0 Å². The van der Waals surface area contributed by atoms with Crippen molar-refractivity contribution in [2.24, 2.45) is 33.8 Å². The molecular formula is C42H63N5O11. The molecule has 16 nitrogen and oxygen atoms in total. The van der Waals surface area contributed by atoms with Crippen LogP contribution in [-0.4, -0.2) is 136 Å². The van der Waals surface area contributed by atoms with Crippen LogP contribution in [0.3, 0.4) is 0 Å². The first-order chi connectivity index (χ1) is 27.3. The molecule has 1 amide bonds. The summed E-state index contributed by atoms with van der Waals surface area (Å²) in [6, 6.07) is 5.36. The normalized spacial score (nSPS) is 38.6. The van der Waals surface area contributed by atoms with Crippen LogP contribution in [0.5, 0.6) is 0 Å². The van der Waals surface area contributed by atoms with Gasteiger partial charge in [0, 0.05) is 42.1 Å². The molecule has 322 valence electrons. The maximum absolute atomic E-state index is 14.5. The van der Waals surface area contributed by atoms with Crippen molar-refractivity contribution in [1.82, 2.24) is 14.9 Å². The lowest BCUT2D eigenvalue weighted by molar-refractivity contribution is -0.296. The van der Waals surface area contributed by atoms with Gasteiger partial charge in [-0.3, -0.25) is 14.4 Å². The summed E-state index contributed by atoms with van der Waals surface area (Å²) in [5, 5.41) is 29.5. The number of ether oxygens (including phenoxy) is 5. The first-order valence-electron chi connectivity index (χ1n) is 20.3. The molecule has 3 N–H and O–H groups in total. The highest BCUT2D eigenvalue weighted by atomic mass is 16.7. The molecule has 0 saturated carbocycles. The summed E-state index contributed by atoms with van der Waals surface area (Å²) in [4.78, 5) is 61.1. The van der Waals surface area contributed by atoms with E-state index in [9.17, 15) is 24.6 Å². The molecule has 3 saturated heterocycles. The fourth-order valence-corrected chi connectivity index (χ4v) is 8.85. The summed E-state index contributed by atoms with van der Waals surface area (Å²) >= 11 is 0. The zero-order chi connectivity index (χ0) is 42.7. The Balaban J connectivity index is 1.66. The number of aromatic amines is 1. The molecule has 2 bridgehead atoms. The highest BCUT2D eigenvalue weighted by molar-refractivity contribution is 6.00. The number of aromatic nitrogens is 2. The van der Waals surface area contributed by atoms with Gasteiger partial charge in [0.2, 0.25) is 5.91 Å². The van der Waals surface area contributed by atoms with Gasteiger partial charge in [-0.1, -0.05) is 32.9 Å². The van der Waals surface area contributed by atoms with Crippen molar-refractivity contribution in [3.8, 4) is 0 Å². The Hall–Kier alpha value is -3.64. The number of fused-ring (bicyclic) bond motifs is 6. The number of H-pyrrole nitrogens is 1. The second-order valence-electron chi connectivity index (χ2n) is 17.0. The number of likely N-dealkylation sites (N-methyl/N-ethyl adjacent to an activating group) is 1. The maximum Gasteiger partial charge on any atom is 0.316 e. The molecule has 13 atom stereocenters. The molecule has 5 heterocycles. The van der Waals surface area contributed by atoms with Crippen LogP contribution in [0.25, 0.3) is 11.0 Å². The molecule has 5 rings (SSSR count). The van der Waals surface area contributed by atoms with Crippen LogP contribution in [0.4, 0.5) is 0 Å². The topological polar surface area (TPSA) is 204 Å². The summed E-state index contributed by atoms with van der Waals surface area (Å²) in [7, 11) is 3.73. The molecular weight excluding hydrogens is 750 g/mol. The van der Waals surface area contributed by atoms with Gasteiger partial charge in [0.15, 0.2) is 18.7 Å². The largest absolute Gasteiger partial charge is 0.459 e. The van der Waals surface area contributed by atoms with Crippen LogP contribution in [0.2, 0.25) is 0 Å². The van der Waals surface area contributed by atoms with E-state index in [4.69, 9.17) is 28.5 Å². The number of carbonyl (C=O) groups excluding carboxylic acids is 3. The van der Waals surface area contributed by atoms with Gasteiger partial charge in [-0.25, -0.2) is 9.98 Å². The number of oxime groups is 1. The molecule has 58 heavy (non-hydrogen) atoms. The Labute approximate surface area is 341 Å². The number of rotatable bonds is 7. The Kier molecular flexibility index (Phi) is 14.7. The number of esters is 1. The molecule has 2 aromatic rings. The number of nitrogens with one attached hydrogen (secondary N) is 1. The zero-order valence-electron chi connectivity index (χ0n) is 35.8. The van der Waals surface area contributed by atoms with Crippen molar-refractivity contribution in [3.05, 3.63) is 30.1 Å². The Morgan fingerprint density at radius 3 is 2.48 bits per heavy atom. The highest BCUT2D eigenvalue weighted by Crippen LogP contribution is 2.40. The number of aliphatic hydroxyl groups is 2. The van der Waals surface area contributed by atoms with E-state index >= 15 is 0 Å². The molecule has 16 heteroatoms. The van der Waals surface area contributed by atoms with Crippen LogP contribution >= 0.6 is 0 Å². The fourth-order valence-electron chi connectivity index (χ4n) is 8.85. The smallest absolute Gasteiger partial charge is 0.316 e. The van der Waals surface area contributed by atoms with E-state index in [-0.39, 0.29) is 44.8 Å². The Morgan fingerprint density at radius 1 is 1.09 bits per heavy atom. The third-order valence-corrected chi connectivity index (χ3v) is 12.0. The zero-order valence-corrected chi connectivity index (χ0v) is 35.8. The van der Waals surface area contributed by atoms with Crippen molar-refractivity contribution in [2.45, 2.75) is 142 Å². The van der Waals surface area contributed by atoms with E-state index in [1.54, 1.807) is 33.9 Å². The number of Topliss-reactive ketones (excluding diaryl/α,β-unsaturated/α-hetero) is 1. The highest BCUT2D eigenvalue weighted by Gasteiger charge is 2.53. The van der Waals surface area contributed by atoms with Gasteiger partial charge >= 0.3 is 5.97 Å². The molecule has 2 aromatic heterocycles. The van der Waals surface area contributed by atoms with Crippen LogP contribution in [0.1, 0.15) is 87.3 Å². The lowest BCUT2D eigenvalue weighted by Gasteiger charge is -2.47. The average Bonchev–Trinajstić information content (AvgIpc) is 3.63. The van der Waals surface area contributed by atoms with Gasteiger partial charge < -0.3 is 48.6 Å². The van der Waals surface area contributed by atoms with E-state index in [1.165, 1.54) is 20.8 Å². The van der Waals surface area contributed by atoms with E-state index in [1.807, 2.05) is 51.0 Å². The lowest BCUT2D eigenvalue weighted by atomic mass is 9.73. The molecule has 3 aliphatic heterocycles. The monoisotopic (exact) mass is 813 g/mol. The number of aliphatic imine (C=N–C) groups is 1. The number of ketones is 1. The van der Waals surface area contributed by atoms with E-state index in [0.29, 0.717) is 29.2 Å². The Bertz CT molecular complexity index is 1830. The van der Waals surface area contributed by atoms with Crippen molar-refractivity contribution in [1.29, 1.82) is 0 Å². The minimum absolute atomic E-state index is 0.0187. The summed E-state index contributed by atoms with van der Waals surface area (Å²) in [6.45, 7) is 14.8. The molecule has 0 aliphatic carbocycles. The quantitative estimate of drug-likeness (QED) is 0.206. The predicted octanol–water partition coefficient (Wildman–Crippen LogP) is 4.00. The van der Waals surface area contributed by atoms with Gasteiger partial charge in [0.05, 0.1) is 42.8 Å². The van der Waals surface area contributed by atoms with Crippen molar-refractivity contribution >= 4 is 40.1 Å². The van der Waals surface area contributed by atoms with Crippen molar-refractivity contribution in [3.63, 3.8) is 0 Å². The summed E-state index contributed by atoms with van der Waals surface area (Å²) in [5.41, 5.74) is -1.22. The first kappa shape index (κ1) is 45.4. The molecule has 0 aromatic carbocycles. The van der Waals surface area contributed by atoms with Gasteiger partial charge in [0.1, 0.15) is 35.1 Å². The van der Waals surface area contributed by atoms with Crippen LogP contribution in [-0.2, 0) is 49.5 Å². The number of hydrogen-bond acceptors (Lipinski definition) is 14. The number of pyridine rings is 1. The fraction of sp³-hybridized carbons (Fsp3) is 0.714. The molecule has 3 aliphatic rings. The number of amides is 1. The SMILES string of the molecule is CC[C@H]1OC(=O)[C@H](C)C(=O)[C@H](C)[C@@H](O[C@@H]2O[C@H](C)C[C@H](N(C)C)[C@H]2O)[C@@]2(C)C[C@@H](C)C(=NC(C)=O)[C@H](C)[C@H](OC/C(=N\OCc3ccc4cc[nH]c4n3)CO2)[C@]1(C)O. The molecule has 0 spiro atoms. The number of hydrogen-bond donors (Lipinski definition) is 3. The minimum Gasteiger partial charge on any atom is -0.459 e. The van der Waals surface area contributed by atoms with E-state index in [2.05, 4.69) is 20.1 Å². The number of nitrogens with zero attached hydrogens (tertiary/aromatic N) is 4. The summed E-state index contributed by atoms with van der Waals surface area (Å²) in [5.74, 6) is -5.31. The van der Waals surface area contributed by atoms with Gasteiger partial charge in [-0.2, -0.15) is 0 Å². The second kappa shape index (κ2) is 18.7. The number of cyclic esters (lactones) is 1. The standard InChI is InChI=1S/C42H63N5O11/c1-12-32-42(9,52)37-24(4)33(44-27(7)48)22(2)18-41(8,54-20-30(19-53-37)46-55-21-29-14-13-28-15-16-43-38(28)45-29)36(25(5)34(49)26(6)39(51)57-32)58-40-35(50)31(47(10)11)17-23(3)56-40/h13-16,22-26,31-32,35-37,40,50,52H,12,17-21H2,1-11H3,(H,43,45)/b44-33?,46-30+/t22-,23-,24+,25+,26-,31+,32-,35-,36-,37+,40+,41-,42-/m1/s1. The van der Waals surface area contributed by atoms with Gasteiger partial charge in [-0.15, -0.1) is 0 Å². The predicted molar refractivity (Wildman–Crippen MR) is 215 cm³/mol. The molecule has 0 radical (unpaired) electrons. The third kappa shape index (κ3) is 10.0. The van der Waals surface area contributed by atoms with Crippen LogP contribution in [0.15, 0.2) is 34.5 Å². The molecule has 0 unspecified atom stereocenters. The summed E-state index contributed by atoms with van der Waals surface area (Å²) in [6.07, 6.45) is -3.29.